The highest BCUT2D eigenvalue weighted by Crippen LogP contribution is 2.25. The van der Waals surface area contributed by atoms with Gasteiger partial charge in [-0.2, -0.15) is 0 Å². The van der Waals surface area contributed by atoms with E-state index >= 15 is 0 Å². The predicted octanol–water partition coefficient (Wildman–Crippen LogP) is 4.22. The molecule has 1 fully saturated rings. The van der Waals surface area contributed by atoms with Crippen molar-refractivity contribution in [3.63, 3.8) is 0 Å². The number of aliphatic imine (C=N–C) groups is 1. The number of guanidine groups is 1. The summed E-state index contributed by atoms with van der Waals surface area (Å²) in [7, 11) is 0. The molecule has 154 valence electrons. The monoisotopic (exact) mass is 507 g/mol. The summed E-state index contributed by atoms with van der Waals surface area (Å²) < 4.78 is 5.15. The Labute approximate surface area is 184 Å². The first-order chi connectivity index (χ1) is 12.6. The van der Waals surface area contributed by atoms with Gasteiger partial charge in [0.1, 0.15) is 0 Å². The van der Waals surface area contributed by atoms with E-state index in [0.717, 1.165) is 51.2 Å². The van der Waals surface area contributed by atoms with E-state index in [1.54, 1.807) is 0 Å². The molecule has 0 amide bonds. The third kappa shape index (κ3) is 8.81. The second-order valence-corrected chi connectivity index (χ2v) is 8.09. The van der Waals surface area contributed by atoms with Crippen LogP contribution in [0, 0.1) is 11.8 Å². The lowest BCUT2D eigenvalue weighted by Gasteiger charge is -2.29. The zero-order valence-corrected chi connectivity index (χ0v) is 19.8. The summed E-state index contributed by atoms with van der Waals surface area (Å²) in [5, 5.41) is 9.03. The Morgan fingerprint density at radius 1 is 1.33 bits per heavy atom. The van der Waals surface area contributed by atoms with Gasteiger partial charge in [0.25, 0.3) is 0 Å². The number of hydrogen-bond acceptors (Lipinski definition) is 4. The van der Waals surface area contributed by atoms with E-state index in [1.807, 2.05) is 18.3 Å². The molecular formula is C20H34IN3O2S. The lowest BCUT2D eigenvalue weighted by molar-refractivity contribution is -0.149. The number of nitrogens with one attached hydrogen (secondary N) is 2. The van der Waals surface area contributed by atoms with Gasteiger partial charge in [-0.15, -0.1) is 35.3 Å². The second-order valence-electron chi connectivity index (χ2n) is 7.05. The fourth-order valence-electron chi connectivity index (χ4n) is 3.33. The van der Waals surface area contributed by atoms with E-state index in [2.05, 4.69) is 42.0 Å². The van der Waals surface area contributed by atoms with Crippen LogP contribution in [-0.2, 0) is 16.0 Å². The van der Waals surface area contributed by atoms with Gasteiger partial charge in [0.05, 0.1) is 12.5 Å². The molecule has 1 heterocycles. The highest BCUT2D eigenvalue weighted by Gasteiger charge is 2.27. The first kappa shape index (κ1) is 24.2. The number of halogens is 1. The van der Waals surface area contributed by atoms with Crippen LogP contribution in [0.3, 0.4) is 0 Å². The van der Waals surface area contributed by atoms with Crippen molar-refractivity contribution in [2.24, 2.45) is 16.8 Å². The molecule has 0 saturated heterocycles. The highest BCUT2D eigenvalue weighted by atomic mass is 127. The predicted molar refractivity (Wildman–Crippen MR) is 124 cm³/mol. The lowest BCUT2D eigenvalue weighted by Crippen LogP contribution is -2.45. The van der Waals surface area contributed by atoms with Crippen LogP contribution in [0.1, 0.15) is 51.3 Å². The number of ether oxygens (including phenoxy) is 1. The summed E-state index contributed by atoms with van der Waals surface area (Å²) in [6, 6.07) is 4.68. The van der Waals surface area contributed by atoms with E-state index < -0.39 is 0 Å². The van der Waals surface area contributed by atoms with Crippen LogP contribution >= 0.6 is 35.3 Å². The van der Waals surface area contributed by atoms with Gasteiger partial charge in [0, 0.05) is 24.0 Å². The van der Waals surface area contributed by atoms with Crippen molar-refractivity contribution in [3.05, 3.63) is 22.4 Å². The summed E-state index contributed by atoms with van der Waals surface area (Å²) in [6.07, 6.45) is 4.83. The average Bonchev–Trinajstić information content (AvgIpc) is 3.13. The third-order valence-corrected chi connectivity index (χ3v) is 5.62. The topological polar surface area (TPSA) is 62.7 Å². The Morgan fingerprint density at radius 3 is 2.67 bits per heavy atom. The summed E-state index contributed by atoms with van der Waals surface area (Å²) in [5.41, 5.74) is 0. The molecule has 7 heteroatoms. The Hall–Kier alpha value is -0.830. The Balaban J connectivity index is 0.00000364. The van der Waals surface area contributed by atoms with Gasteiger partial charge in [-0.25, -0.2) is 0 Å². The molecule has 1 aromatic heterocycles. The minimum Gasteiger partial charge on any atom is -0.466 e. The normalized spacial score (nSPS) is 21.1. The zero-order valence-electron chi connectivity index (χ0n) is 16.7. The summed E-state index contributed by atoms with van der Waals surface area (Å²) in [6.45, 7) is 8.33. The van der Waals surface area contributed by atoms with Crippen molar-refractivity contribution < 1.29 is 9.53 Å². The van der Waals surface area contributed by atoms with E-state index in [4.69, 9.17) is 9.73 Å². The van der Waals surface area contributed by atoms with E-state index in [1.165, 1.54) is 4.88 Å². The van der Waals surface area contributed by atoms with Crippen molar-refractivity contribution in [3.8, 4) is 0 Å². The maximum absolute atomic E-state index is 11.9. The summed E-state index contributed by atoms with van der Waals surface area (Å²) in [5.74, 6) is 1.45. The first-order valence-corrected chi connectivity index (χ1v) is 10.7. The van der Waals surface area contributed by atoms with Gasteiger partial charge in [-0.3, -0.25) is 9.79 Å². The molecule has 1 aromatic rings. The quantitative estimate of drug-likeness (QED) is 0.240. The summed E-state index contributed by atoms with van der Waals surface area (Å²) >= 11 is 1.81. The van der Waals surface area contributed by atoms with E-state index in [-0.39, 0.29) is 35.9 Å². The Morgan fingerprint density at radius 2 is 2.07 bits per heavy atom. The van der Waals surface area contributed by atoms with Gasteiger partial charge in [0.2, 0.25) is 0 Å². The number of carbonyl (C=O) groups is 1. The van der Waals surface area contributed by atoms with Crippen LogP contribution in [0.2, 0.25) is 0 Å². The Kier molecular flexibility index (Phi) is 12.0. The van der Waals surface area contributed by atoms with Crippen molar-refractivity contribution >= 4 is 47.2 Å². The number of nitrogens with zero attached hydrogens (tertiary/aromatic N) is 1. The number of carbonyl (C=O) groups excluding carboxylic acids is 1. The zero-order chi connectivity index (χ0) is 18.8. The van der Waals surface area contributed by atoms with Crippen molar-refractivity contribution in [2.75, 3.05) is 19.7 Å². The van der Waals surface area contributed by atoms with Gasteiger partial charge in [0.15, 0.2) is 5.96 Å². The van der Waals surface area contributed by atoms with Crippen LogP contribution < -0.4 is 10.6 Å². The molecule has 0 spiro atoms. The molecule has 0 bridgehead atoms. The van der Waals surface area contributed by atoms with Crippen LogP contribution in [0.4, 0.5) is 0 Å². The van der Waals surface area contributed by atoms with Gasteiger partial charge in [-0.1, -0.05) is 13.0 Å². The molecule has 1 aliphatic carbocycles. The van der Waals surface area contributed by atoms with Crippen LogP contribution in [0.25, 0.3) is 0 Å². The van der Waals surface area contributed by atoms with Crippen molar-refractivity contribution in [1.82, 2.24) is 10.6 Å². The maximum atomic E-state index is 11.9. The molecule has 1 aliphatic rings. The minimum atomic E-state index is -0.0334. The molecule has 0 aromatic carbocycles. The second kappa shape index (κ2) is 13.4. The largest absolute Gasteiger partial charge is 0.466 e. The Bertz CT molecular complexity index is 558. The molecular weight excluding hydrogens is 473 g/mol. The SMILES string of the molecule is CCNC(=NCC(C)Cc1cccs1)NC1CCC(C(=O)OCC)CC1.I. The molecule has 1 saturated carbocycles. The van der Waals surface area contributed by atoms with E-state index in [9.17, 15) is 4.79 Å². The fourth-order valence-corrected chi connectivity index (χ4v) is 4.20. The average molecular weight is 507 g/mol. The third-order valence-electron chi connectivity index (χ3n) is 4.72. The molecule has 0 aliphatic heterocycles. The smallest absolute Gasteiger partial charge is 0.308 e. The highest BCUT2D eigenvalue weighted by molar-refractivity contribution is 14.0. The van der Waals surface area contributed by atoms with Crippen molar-refractivity contribution in [1.29, 1.82) is 0 Å². The minimum absolute atomic E-state index is 0. The summed E-state index contributed by atoms with van der Waals surface area (Å²) in [4.78, 5) is 18.1. The molecule has 2 N–H and O–H groups in total. The number of rotatable bonds is 8. The number of esters is 1. The number of hydrogen-bond donors (Lipinski definition) is 2. The van der Waals surface area contributed by atoms with Gasteiger partial charge >= 0.3 is 5.97 Å². The van der Waals surface area contributed by atoms with Crippen LogP contribution in [-0.4, -0.2) is 37.7 Å². The molecule has 1 atom stereocenters. The maximum Gasteiger partial charge on any atom is 0.308 e. The van der Waals surface area contributed by atoms with Crippen molar-refractivity contribution in [2.45, 2.75) is 58.9 Å². The van der Waals surface area contributed by atoms with Crippen LogP contribution in [0.5, 0.6) is 0 Å². The van der Waals surface area contributed by atoms with E-state index in [0.29, 0.717) is 18.6 Å². The lowest BCUT2D eigenvalue weighted by atomic mass is 9.86. The van der Waals surface area contributed by atoms with Gasteiger partial charge < -0.3 is 15.4 Å². The molecule has 5 nitrogen and oxygen atoms in total. The van der Waals surface area contributed by atoms with Crippen LogP contribution in [0.15, 0.2) is 22.5 Å². The standard InChI is InChI=1S/C20H33N3O2S.HI/c1-4-21-20(22-14-15(3)13-18-7-6-12-26-18)23-17-10-8-16(9-11-17)19(24)25-5-2;/h6-7,12,15-17H,4-5,8-11,13-14H2,1-3H3,(H2,21,22,23);1H. The molecule has 0 radical (unpaired) electrons. The number of thiophene rings is 1. The molecule has 2 rings (SSSR count). The molecule has 27 heavy (non-hydrogen) atoms. The first-order valence-electron chi connectivity index (χ1n) is 9.86. The molecule has 1 unspecified atom stereocenters. The fraction of sp³-hybridized carbons (Fsp3) is 0.700. The van der Waals surface area contributed by atoms with Gasteiger partial charge in [-0.05, 0) is 63.3 Å².